The molecule has 0 atom stereocenters. The third-order valence-electron chi connectivity index (χ3n) is 1.71. The van der Waals surface area contributed by atoms with Gasteiger partial charge in [0.05, 0.1) is 18.3 Å². The quantitative estimate of drug-likeness (QED) is 0.800. The molecule has 0 bridgehead atoms. The summed E-state index contributed by atoms with van der Waals surface area (Å²) in [6, 6.07) is 1.80. The molecule has 15 heavy (non-hydrogen) atoms. The Balaban J connectivity index is 0.00000112. The first kappa shape index (κ1) is 12.4. The number of carbonyl (C=O) groups excluding carboxylic acids is 1. The van der Waals surface area contributed by atoms with E-state index in [1.165, 1.54) is 29.8 Å². The Morgan fingerprint density at radius 3 is 2.87 bits per heavy atom. The van der Waals surface area contributed by atoms with E-state index in [0.29, 0.717) is 4.88 Å². The predicted octanol–water partition coefficient (Wildman–Crippen LogP) is 3.24. The largest absolute Gasteiger partial charge is 0.465 e. The number of hydrogen-bond donors (Lipinski definition) is 0. The van der Waals surface area contributed by atoms with Crippen LogP contribution in [0.3, 0.4) is 0 Å². The van der Waals surface area contributed by atoms with Crippen molar-refractivity contribution in [2.45, 2.75) is 0 Å². The van der Waals surface area contributed by atoms with Gasteiger partial charge in [-0.05, 0) is 6.07 Å². The molecule has 0 saturated carbocycles. The Morgan fingerprint density at radius 1 is 1.47 bits per heavy atom. The molecule has 2 rings (SSSR count). The van der Waals surface area contributed by atoms with Gasteiger partial charge in [0, 0.05) is 16.3 Å². The lowest BCUT2D eigenvalue weighted by molar-refractivity contribution is 0.0606. The highest BCUT2D eigenvalue weighted by atomic mass is 79.9. The van der Waals surface area contributed by atoms with Crippen LogP contribution < -0.4 is 0 Å². The third kappa shape index (κ3) is 2.64. The molecule has 0 aliphatic carbocycles. The van der Waals surface area contributed by atoms with Gasteiger partial charge in [0.25, 0.3) is 0 Å². The molecule has 2 heterocycles. The van der Waals surface area contributed by atoms with Crippen LogP contribution in [0.25, 0.3) is 11.3 Å². The van der Waals surface area contributed by atoms with Crippen molar-refractivity contribution in [2.24, 2.45) is 0 Å². The molecule has 0 aliphatic heterocycles. The number of ether oxygens (including phenoxy) is 1. The summed E-state index contributed by atoms with van der Waals surface area (Å²) >= 11 is 2.91. The van der Waals surface area contributed by atoms with Crippen LogP contribution in [0.2, 0.25) is 0 Å². The van der Waals surface area contributed by atoms with Crippen molar-refractivity contribution in [1.29, 1.82) is 0 Å². The van der Waals surface area contributed by atoms with Gasteiger partial charge < -0.3 is 4.74 Å². The van der Waals surface area contributed by atoms with Crippen LogP contribution in [0.15, 0.2) is 22.3 Å². The number of carbonyl (C=O) groups is 1. The highest BCUT2D eigenvalue weighted by Crippen LogP contribution is 2.25. The summed E-state index contributed by atoms with van der Waals surface area (Å²) in [5.74, 6) is -0.295. The molecular weight excluding hydrogens is 298 g/mol. The van der Waals surface area contributed by atoms with Crippen LogP contribution in [0.1, 0.15) is 9.67 Å². The Kier molecular flexibility index (Phi) is 4.44. The average Bonchev–Trinajstić information content (AvgIpc) is 2.86. The first-order valence-electron chi connectivity index (χ1n) is 3.86. The van der Waals surface area contributed by atoms with E-state index in [-0.39, 0.29) is 23.0 Å². The van der Waals surface area contributed by atoms with Gasteiger partial charge in [0.2, 0.25) is 0 Å². The predicted molar refractivity (Wildman–Crippen MR) is 67.1 cm³/mol. The molecule has 0 fully saturated rings. The smallest absolute Gasteiger partial charge is 0.348 e. The van der Waals surface area contributed by atoms with Crippen LogP contribution in [0.4, 0.5) is 0 Å². The average molecular weight is 306 g/mol. The summed E-state index contributed by atoms with van der Waals surface area (Å²) in [6.45, 7) is 0. The normalized spacial score (nSPS) is 9.40. The Bertz CT molecular complexity index is 439. The molecule has 0 saturated heterocycles. The number of methoxy groups -OCH3 is 1. The van der Waals surface area contributed by atoms with Crippen LogP contribution in [-0.2, 0) is 4.74 Å². The zero-order valence-electron chi connectivity index (χ0n) is 7.80. The molecule has 3 nitrogen and oxygen atoms in total. The van der Waals surface area contributed by atoms with Crippen LogP contribution in [0, 0.1) is 0 Å². The molecule has 0 amide bonds. The second kappa shape index (κ2) is 5.39. The summed E-state index contributed by atoms with van der Waals surface area (Å²) in [5, 5.41) is 3.85. The third-order valence-corrected chi connectivity index (χ3v) is 3.21. The molecule has 0 aliphatic rings. The minimum atomic E-state index is -0.295. The maximum atomic E-state index is 11.2. The number of hydrogen-bond acceptors (Lipinski definition) is 5. The van der Waals surface area contributed by atoms with E-state index >= 15 is 0 Å². The second-order valence-electron chi connectivity index (χ2n) is 2.56. The molecule has 2 aromatic heterocycles. The van der Waals surface area contributed by atoms with Crippen molar-refractivity contribution in [3.05, 3.63) is 27.2 Å². The molecule has 0 spiro atoms. The van der Waals surface area contributed by atoms with Crippen LogP contribution in [-0.4, -0.2) is 18.1 Å². The standard InChI is InChI=1S/C9H7NO2S2.BrH/c1-12-9(11)8-2-6(3-14-8)7-4-13-5-10-7;/h2-5H,1H3;1H. The molecule has 0 N–H and O–H groups in total. The fraction of sp³-hybridized carbons (Fsp3) is 0.111. The van der Waals surface area contributed by atoms with Crippen molar-refractivity contribution in [3.8, 4) is 11.3 Å². The summed E-state index contributed by atoms with van der Waals surface area (Å²) in [5.41, 5.74) is 3.64. The summed E-state index contributed by atoms with van der Waals surface area (Å²) < 4.78 is 4.62. The first-order valence-corrected chi connectivity index (χ1v) is 5.69. The van der Waals surface area contributed by atoms with Gasteiger partial charge in [-0.25, -0.2) is 9.78 Å². The van der Waals surface area contributed by atoms with Gasteiger partial charge in [-0.3, -0.25) is 0 Å². The minimum absolute atomic E-state index is 0. The fourth-order valence-corrected chi connectivity index (χ4v) is 2.41. The lowest BCUT2D eigenvalue weighted by atomic mass is 10.2. The van der Waals surface area contributed by atoms with E-state index in [4.69, 9.17) is 0 Å². The molecule has 6 heteroatoms. The molecule has 2 aromatic rings. The van der Waals surface area contributed by atoms with Crippen molar-refractivity contribution in [1.82, 2.24) is 4.98 Å². The van der Waals surface area contributed by atoms with Gasteiger partial charge in [0.1, 0.15) is 4.88 Å². The van der Waals surface area contributed by atoms with E-state index in [1.807, 2.05) is 10.8 Å². The molecule has 0 unspecified atom stereocenters. The van der Waals surface area contributed by atoms with Gasteiger partial charge in [0.15, 0.2) is 0 Å². The van der Waals surface area contributed by atoms with E-state index in [9.17, 15) is 4.79 Å². The summed E-state index contributed by atoms with van der Waals surface area (Å²) in [4.78, 5) is 15.9. The zero-order chi connectivity index (χ0) is 9.97. The number of rotatable bonds is 2. The lowest BCUT2D eigenvalue weighted by Gasteiger charge is -1.91. The number of aromatic nitrogens is 1. The van der Waals surface area contributed by atoms with Crippen molar-refractivity contribution >= 4 is 45.6 Å². The first-order chi connectivity index (χ1) is 6.81. The maximum absolute atomic E-state index is 11.2. The van der Waals surface area contributed by atoms with Crippen molar-refractivity contribution < 1.29 is 9.53 Å². The van der Waals surface area contributed by atoms with E-state index < -0.39 is 0 Å². The topological polar surface area (TPSA) is 39.2 Å². The molecule has 0 aromatic carbocycles. The van der Waals surface area contributed by atoms with Gasteiger partial charge in [-0.1, -0.05) is 0 Å². The van der Waals surface area contributed by atoms with Gasteiger partial charge >= 0.3 is 5.97 Å². The molecular formula is C9H8BrNO2S2. The number of halogens is 1. The zero-order valence-corrected chi connectivity index (χ0v) is 11.1. The van der Waals surface area contributed by atoms with E-state index in [0.717, 1.165) is 11.3 Å². The monoisotopic (exact) mass is 305 g/mol. The second-order valence-corrected chi connectivity index (χ2v) is 4.19. The number of nitrogens with zero attached hydrogens (tertiary/aromatic N) is 1. The van der Waals surface area contributed by atoms with Gasteiger partial charge in [-0.2, -0.15) is 0 Å². The maximum Gasteiger partial charge on any atom is 0.348 e. The van der Waals surface area contributed by atoms with Crippen molar-refractivity contribution in [3.63, 3.8) is 0 Å². The highest BCUT2D eigenvalue weighted by molar-refractivity contribution is 8.93. The number of thiazole rings is 1. The van der Waals surface area contributed by atoms with Crippen LogP contribution in [0.5, 0.6) is 0 Å². The Hall–Kier alpha value is -0.720. The van der Waals surface area contributed by atoms with Crippen LogP contribution >= 0.6 is 39.7 Å². The van der Waals surface area contributed by atoms with E-state index in [1.54, 1.807) is 11.6 Å². The SMILES string of the molecule is Br.COC(=O)c1cc(-c2cscn2)cs1. The van der Waals surface area contributed by atoms with Crippen molar-refractivity contribution in [2.75, 3.05) is 7.11 Å². The molecule has 80 valence electrons. The fourth-order valence-electron chi connectivity index (χ4n) is 1.03. The van der Waals surface area contributed by atoms with E-state index in [2.05, 4.69) is 9.72 Å². The minimum Gasteiger partial charge on any atom is -0.465 e. The Morgan fingerprint density at radius 2 is 2.27 bits per heavy atom. The number of thiophene rings is 1. The lowest BCUT2D eigenvalue weighted by Crippen LogP contribution is -1.96. The number of esters is 1. The highest BCUT2D eigenvalue weighted by Gasteiger charge is 2.10. The molecule has 0 radical (unpaired) electrons. The summed E-state index contributed by atoms with van der Waals surface area (Å²) in [6.07, 6.45) is 0. The Labute approximate surface area is 106 Å². The van der Waals surface area contributed by atoms with Gasteiger partial charge in [-0.15, -0.1) is 39.7 Å². The summed E-state index contributed by atoms with van der Waals surface area (Å²) in [7, 11) is 1.38.